The second-order valence-electron chi connectivity index (χ2n) is 12.6. The summed E-state index contributed by atoms with van der Waals surface area (Å²) in [6.45, 7) is 6.10. The molecule has 0 saturated carbocycles. The van der Waals surface area contributed by atoms with Gasteiger partial charge in [0, 0.05) is 26.2 Å². The average molecular weight is 677 g/mol. The molecule has 1 aliphatic rings. The van der Waals surface area contributed by atoms with Crippen LogP contribution in [0.5, 0.6) is 0 Å². The number of hydrogen-bond acceptors (Lipinski definition) is 11. The topological polar surface area (TPSA) is 137 Å². The summed E-state index contributed by atoms with van der Waals surface area (Å²) in [6, 6.07) is 13.4. The average Bonchev–Trinajstić information content (AvgIpc) is 3.62. The fourth-order valence-corrected chi connectivity index (χ4v) is 7.94. The lowest BCUT2D eigenvalue weighted by atomic mass is 10.0. The molecule has 2 aromatic carbocycles. The van der Waals surface area contributed by atoms with Crippen molar-refractivity contribution in [1.82, 2.24) is 24.4 Å². The highest BCUT2D eigenvalue weighted by atomic mass is 32.2. The number of thiazole rings is 1. The second-order valence-corrected chi connectivity index (χ2v) is 15.6. The fourth-order valence-electron chi connectivity index (χ4n) is 5.28. The molecule has 3 N–H and O–H groups in total. The molecule has 0 radical (unpaired) electrons. The van der Waals surface area contributed by atoms with Crippen molar-refractivity contribution in [2.24, 2.45) is 5.92 Å². The van der Waals surface area contributed by atoms with Crippen LogP contribution >= 0.6 is 11.3 Å². The SMILES string of the molecule is CC(C)CN(CC(O)C(Cc1ccccc1)NC(=O)OC1COCC1N(C)C)S(=O)(=O)c1ccc2nc(NCCN(C)C)sc2c1. The Morgan fingerprint density at radius 1 is 1.11 bits per heavy atom. The van der Waals surface area contributed by atoms with Crippen LogP contribution in [0, 0.1) is 5.92 Å². The Balaban J connectivity index is 1.54. The molecule has 1 aromatic heterocycles. The number of likely N-dealkylation sites (N-methyl/N-ethyl adjacent to an activating group) is 2. The molecule has 4 unspecified atom stereocenters. The van der Waals surface area contributed by atoms with Crippen LogP contribution in [0.25, 0.3) is 10.2 Å². The predicted molar refractivity (Wildman–Crippen MR) is 182 cm³/mol. The lowest BCUT2D eigenvalue weighted by Gasteiger charge is -2.31. The van der Waals surface area contributed by atoms with Gasteiger partial charge in [-0.25, -0.2) is 18.2 Å². The maximum absolute atomic E-state index is 14.1. The number of alkyl carbamates (subject to hydrolysis) is 1. The zero-order chi connectivity index (χ0) is 33.4. The molecule has 4 atom stereocenters. The molecule has 1 fully saturated rings. The number of rotatable bonds is 16. The third-order valence-electron chi connectivity index (χ3n) is 7.78. The Morgan fingerprint density at radius 3 is 2.52 bits per heavy atom. The number of benzene rings is 2. The van der Waals surface area contributed by atoms with Crippen LogP contribution in [0.1, 0.15) is 19.4 Å². The van der Waals surface area contributed by atoms with Crippen molar-refractivity contribution in [3.05, 3.63) is 54.1 Å². The number of ether oxygens (including phenoxy) is 2. The van der Waals surface area contributed by atoms with Crippen molar-refractivity contribution in [2.45, 2.75) is 49.5 Å². The maximum atomic E-state index is 14.1. The van der Waals surface area contributed by atoms with Crippen LogP contribution in [0.3, 0.4) is 0 Å². The third-order valence-corrected chi connectivity index (χ3v) is 10.6. The molecule has 3 aromatic rings. The summed E-state index contributed by atoms with van der Waals surface area (Å²) in [5.74, 6) is -0.0163. The number of carbonyl (C=O) groups is 1. The first-order valence-corrected chi connectivity index (χ1v) is 17.8. The standard InChI is InChI=1S/C32H48N6O6S2/c1-22(2)18-38(46(41,42)24-12-13-25-30(17-24)45-31(34-25)33-14-15-36(3)4)19-28(39)26(16-23-10-8-7-9-11-23)35-32(40)44-29-21-43-20-27(29)37(5)6/h7-13,17,22,26-29,39H,14-16,18-21H2,1-6H3,(H,33,34)(H,35,40). The zero-order valence-corrected chi connectivity index (χ0v) is 29.2. The van der Waals surface area contributed by atoms with Gasteiger partial charge in [0.05, 0.1) is 46.5 Å². The van der Waals surface area contributed by atoms with Gasteiger partial charge >= 0.3 is 6.09 Å². The first-order chi connectivity index (χ1) is 21.8. The first kappa shape index (κ1) is 36.0. The highest BCUT2D eigenvalue weighted by Crippen LogP contribution is 2.30. The quantitative estimate of drug-likeness (QED) is 0.208. The predicted octanol–water partition coefficient (Wildman–Crippen LogP) is 2.94. The van der Waals surface area contributed by atoms with Gasteiger partial charge in [0.2, 0.25) is 10.0 Å². The molecule has 0 spiro atoms. The van der Waals surface area contributed by atoms with Gasteiger partial charge in [0.15, 0.2) is 5.13 Å². The number of sulfonamides is 1. The molecule has 2 heterocycles. The van der Waals surface area contributed by atoms with E-state index in [4.69, 9.17) is 9.47 Å². The maximum Gasteiger partial charge on any atom is 0.407 e. The molecular formula is C32H48N6O6S2. The Kier molecular flexibility index (Phi) is 12.8. The molecule has 0 bridgehead atoms. The molecule has 1 amide bonds. The minimum Gasteiger partial charge on any atom is -0.442 e. The smallest absolute Gasteiger partial charge is 0.407 e. The monoisotopic (exact) mass is 676 g/mol. The number of anilines is 1. The van der Waals surface area contributed by atoms with Crippen LogP contribution in [0.4, 0.5) is 9.93 Å². The number of nitrogens with one attached hydrogen (secondary N) is 2. The number of carbonyl (C=O) groups excluding carboxylic acids is 1. The Morgan fingerprint density at radius 2 is 1.85 bits per heavy atom. The van der Waals surface area contributed by atoms with E-state index in [9.17, 15) is 18.3 Å². The number of aromatic nitrogens is 1. The number of fused-ring (bicyclic) bond motifs is 1. The van der Waals surface area contributed by atoms with Crippen molar-refractivity contribution in [1.29, 1.82) is 0 Å². The molecule has 46 heavy (non-hydrogen) atoms. The lowest BCUT2D eigenvalue weighted by molar-refractivity contribution is 0.0496. The number of aliphatic hydroxyl groups excluding tert-OH is 1. The van der Waals surface area contributed by atoms with Gasteiger partial charge in [-0.1, -0.05) is 55.5 Å². The van der Waals surface area contributed by atoms with Gasteiger partial charge in [-0.15, -0.1) is 0 Å². The summed E-state index contributed by atoms with van der Waals surface area (Å²) in [5, 5.41) is 18.4. The van der Waals surface area contributed by atoms with E-state index in [1.807, 2.05) is 77.3 Å². The third kappa shape index (κ3) is 9.83. The summed E-state index contributed by atoms with van der Waals surface area (Å²) in [6.07, 6.45) is -2.11. The second kappa shape index (κ2) is 16.3. The highest BCUT2D eigenvalue weighted by Gasteiger charge is 2.35. The van der Waals surface area contributed by atoms with Crippen LogP contribution in [0.15, 0.2) is 53.4 Å². The van der Waals surface area contributed by atoms with Crippen molar-refractivity contribution >= 4 is 42.8 Å². The van der Waals surface area contributed by atoms with Crippen LogP contribution in [-0.4, -0.2) is 131 Å². The van der Waals surface area contributed by atoms with E-state index in [0.29, 0.717) is 18.7 Å². The Hall–Kier alpha value is -2.85. The van der Waals surface area contributed by atoms with E-state index in [0.717, 1.165) is 21.9 Å². The van der Waals surface area contributed by atoms with Crippen molar-refractivity contribution < 1.29 is 27.8 Å². The number of amides is 1. The summed E-state index contributed by atoms with van der Waals surface area (Å²) in [7, 11) is 3.77. The first-order valence-electron chi connectivity index (χ1n) is 15.6. The molecule has 0 aliphatic carbocycles. The minimum absolute atomic E-state index is 0.0163. The van der Waals surface area contributed by atoms with Crippen molar-refractivity contribution in [3.63, 3.8) is 0 Å². The van der Waals surface area contributed by atoms with Gasteiger partial charge in [0.1, 0.15) is 6.10 Å². The molecule has 1 aliphatic heterocycles. The van der Waals surface area contributed by atoms with Crippen LogP contribution in [0.2, 0.25) is 0 Å². The van der Waals surface area contributed by atoms with Gasteiger partial charge in [0.25, 0.3) is 0 Å². The van der Waals surface area contributed by atoms with Crippen molar-refractivity contribution in [3.8, 4) is 0 Å². The summed E-state index contributed by atoms with van der Waals surface area (Å²) in [4.78, 5) is 21.8. The molecule has 14 heteroatoms. The van der Waals surface area contributed by atoms with E-state index in [-0.39, 0.29) is 43.0 Å². The highest BCUT2D eigenvalue weighted by molar-refractivity contribution is 7.89. The van der Waals surface area contributed by atoms with E-state index in [1.54, 1.807) is 18.2 Å². The minimum atomic E-state index is -4.01. The largest absolute Gasteiger partial charge is 0.442 e. The van der Waals surface area contributed by atoms with Crippen LogP contribution < -0.4 is 10.6 Å². The van der Waals surface area contributed by atoms with Crippen LogP contribution in [-0.2, 0) is 25.9 Å². The molecule has 254 valence electrons. The molecule has 12 nitrogen and oxygen atoms in total. The van der Waals surface area contributed by atoms with E-state index >= 15 is 0 Å². The van der Waals surface area contributed by atoms with Gasteiger partial charge in [-0.2, -0.15) is 4.31 Å². The van der Waals surface area contributed by atoms with E-state index < -0.39 is 34.4 Å². The molecular weight excluding hydrogens is 629 g/mol. The lowest BCUT2D eigenvalue weighted by Crippen LogP contribution is -2.52. The fraction of sp³-hybridized carbons (Fsp3) is 0.562. The number of hydrogen-bond donors (Lipinski definition) is 3. The summed E-state index contributed by atoms with van der Waals surface area (Å²) >= 11 is 1.40. The molecule has 4 rings (SSSR count). The Labute approximate surface area is 276 Å². The van der Waals surface area contributed by atoms with Gasteiger partial charge in [-0.05, 0) is 64.3 Å². The number of aliphatic hydroxyl groups is 1. The van der Waals surface area contributed by atoms with E-state index in [1.165, 1.54) is 15.6 Å². The van der Waals surface area contributed by atoms with Crippen molar-refractivity contribution in [2.75, 3.05) is 72.9 Å². The van der Waals surface area contributed by atoms with E-state index in [2.05, 4.69) is 20.5 Å². The summed E-state index contributed by atoms with van der Waals surface area (Å²) < 4.78 is 41.5. The van der Waals surface area contributed by atoms with Gasteiger partial charge in [-0.3, -0.25) is 0 Å². The normalized spacial score (nSPS) is 18.5. The van der Waals surface area contributed by atoms with Gasteiger partial charge < -0.3 is 35.0 Å². The summed E-state index contributed by atoms with van der Waals surface area (Å²) in [5.41, 5.74) is 1.59. The molecule has 1 saturated heterocycles. The zero-order valence-electron chi connectivity index (χ0n) is 27.5. The number of nitrogens with zero attached hydrogens (tertiary/aromatic N) is 4. The Bertz CT molecular complexity index is 1520.